The largest absolute Gasteiger partial charge is 0.332 e. The van der Waals surface area contributed by atoms with Gasteiger partial charge in [-0.2, -0.15) is 10.4 Å². The Morgan fingerprint density at radius 3 is 2.36 bits per heavy atom. The molecule has 0 amide bonds. The highest BCUT2D eigenvalue weighted by Gasteiger charge is 2.17. The third-order valence-corrected chi connectivity index (χ3v) is 4.23. The normalized spacial score (nSPS) is 13.2. The van der Waals surface area contributed by atoms with Crippen LogP contribution in [-0.4, -0.2) is 23.4 Å². The molecule has 4 nitrogen and oxygen atoms in total. The van der Waals surface area contributed by atoms with Crippen molar-refractivity contribution in [3.63, 3.8) is 0 Å². The van der Waals surface area contributed by atoms with Crippen LogP contribution in [0.25, 0.3) is 16.9 Å². The number of aromatic nitrogens is 2. The zero-order valence-electron chi connectivity index (χ0n) is 14.7. The smallest absolute Gasteiger partial charge is 0.106 e. The molecular formula is C21H23N4+. The Bertz CT molecular complexity index is 847. The Kier molecular flexibility index (Phi) is 5.27. The van der Waals surface area contributed by atoms with Crippen molar-refractivity contribution in [2.75, 3.05) is 13.6 Å². The average molecular weight is 331 g/mol. The minimum Gasteiger partial charge on any atom is -0.332 e. The van der Waals surface area contributed by atoms with Crippen LogP contribution in [0.15, 0.2) is 66.9 Å². The lowest BCUT2D eigenvalue weighted by Gasteiger charge is -2.14. The van der Waals surface area contributed by atoms with Crippen LogP contribution in [0.5, 0.6) is 0 Å². The van der Waals surface area contributed by atoms with E-state index in [0.29, 0.717) is 0 Å². The molecular weight excluding hydrogens is 308 g/mol. The SMILES string of the molecule is C[C@@H](C#N)C[NH+](C)Cc1cn(-c2ccccc2)nc1-c1ccccc1. The molecule has 0 bridgehead atoms. The van der Waals surface area contributed by atoms with E-state index < -0.39 is 0 Å². The van der Waals surface area contributed by atoms with Crippen molar-refractivity contribution in [3.8, 4) is 23.0 Å². The van der Waals surface area contributed by atoms with E-state index in [4.69, 9.17) is 10.4 Å². The first-order valence-electron chi connectivity index (χ1n) is 8.57. The predicted molar refractivity (Wildman–Crippen MR) is 99.2 cm³/mol. The lowest BCUT2D eigenvalue weighted by atomic mass is 10.1. The van der Waals surface area contributed by atoms with Crippen molar-refractivity contribution in [2.45, 2.75) is 13.5 Å². The lowest BCUT2D eigenvalue weighted by Crippen LogP contribution is -3.08. The molecule has 0 aliphatic rings. The van der Waals surface area contributed by atoms with Crippen molar-refractivity contribution >= 4 is 0 Å². The molecule has 25 heavy (non-hydrogen) atoms. The second-order valence-electron chi connectivity index (χ2n) is 6.52. The van der Waals surface area contributed by atoms with E-state index >= 15 is 0 Å². The third-order valence-electron chi connectivity index (χ3n) is 4.23. The summed E-state index contributed by atoms with van der Waals surface area (Å²) in [7, 11) is 2.13. The summed E-state index contributed by atoms with van der Waals surface area (Å²) in [5, 5.41) is 13.9. The van der Waals surface area contributed by atoms with Gasteiger partial charge in [-0.1, -0.05) is 48.5 Å². The van der Waals surface area contributed by atoms with E-state index in [1.807, 2.05) is 48.0 Å². The molecule has 0 aliphatic carbocycles. The van der Waals surface area contributed by atoms with Crippen molar-refractivity contribution in [2.24, 2.45) is 5.92 Å². The van der Waals surface area contributed by atoms with Gasteiger partial charge in [0.2, 0.25) is 0 Å². The molecule has 1 N–H and O–H groups in total. The Balaban J connectivity index is 1.95. The fourth-order valence-corrected chi connectivity index (χ4v) is 3.06. The summed E-state index contributed by atoms with van der Waals surface area (Å²) in [5.41, 5.74) is 4.37. The summed E-state index contributed by atoms with van der Waals surface area (Å²) < 4.78 is 1.94. The van der Waals surface area contributed by atoms with E-state index in [9.17, 15) is 0 Å². The zero-order valence-corrected chi connectivity index (χ0v) is 14.7. The number of benzene rings is 2. The van der Waals surface area contributed by atoms with Crippen LogP contribution in [0.1, 0.15) is 12.5 Å². The molecule has 1 unspecified atom stereocenters. The number of hydrogen-bond acceptors (Lipinski definition) is 2. The number of quaternary nitrogens is 1. The Labute approximate surface area is 148 Å². The van der Waals surface area contributed by atoms with Crippen molar-refractivity contribution < 1.29 is 4.90 Å². The van der Waals surface area contributed by atoms with Crippen LogP contribution in [0.3, 0.4) is 0 Å². The number of nitrogens with zero attached hydrogens (tertiary/aromatic N) is 3. The Hall–Kier alpha value is -2.90. The topological polar surface area (TPSA) is 46.0 Å². The summed E-state index contributed by atoms with van der Waals surface area (Å²) in [6.07, 6.45) is 2.11. The minimum absolute atomic E-state index is 0.0457. The molecule has 1 aromatic heterocycles. The molecule has 3 aromatic rings. The zero-order chi connectivity index (χ0) is 17.6. The predicted octanol–water partition coefficient (Wildman–Crippen LogP) is 2.71. The molecule has 3 rings (SSSR count). The number of rotatable bonds is 6. The van der Waals surface area contributed by atoms with Crippen molar-refractivity contribution in [1.29, 1.82) is 5.26 Å². The molecule has 0 radical (unpaired) electrons. The second kappa shape index (κ2) is 7.78. The van der Waals surface area contributed by atoms with Gasteiger partial charge in [-0.05, 0) is 19.1 Å². The molecule has 2 aromatic carbocycles. The highest BCUT2D eigenvalue weighted by molar-refractivity contribution is 5.63. The summed E-state index contributed by atoms with van der Waals surface area (Å²) >= 11 is 0. The van der Waals surface area contributed by atoms with E-state index in [1.165, 1.54) is 10.5 Å². The number of nitriles is 1. The summed E-state index contributed by atoms with van der Waals surface area (Å²) in [6.45, 7) is 3.62. The van der Waals surface area contributed by atoms with E-state index in [-0.39, 0.29) is 5.92 Å². The van der Waals surface area contributed by atoms with Gasteiger partial charge >= 0.3 is 0 Å². The van der Waals surface area contributed by atoms with Crippen molar-refractivity contribution in [3.05, 3.63) is 72.4 Å². The van der Waals surface area contributed by atoms with Gasteiger partial charge in [0.05, 0.1) is 36.8 Å². The highest BCUT2D eigenvalue weighted by atomic mass is 15.3. The highest BCUT2D eigenvalue weighted by Crippen LogP contribution is 2.23. The fraction of sp³-hybridized carbons (Fsp3) is 0.238. The van der Waals surface area contributed by atoms with Gasteiger partial charge in [0.15, 0.2) is 0 Å². The standard InChI is InChI=1S/C21H22N4/c1-17(13-22)14-24(2)15-19-16-25(20-11-7-4-8-12-20)23-21(19)18-9-5-3-6-10-18/h3-12,16-17H,14-15H2,1-2H3/p+1/t17-/m0/s1. The summed E-state index contributed by atoms with van der Waals surface area (Å²) in [4.78, 5) is 1.30. The molecule has 2 atom stereocenters. The monoisotopic (exact) mass is 331 g/mol. The van der Waals surface area contributed by atoms with Gasteiger partial charge in [-0.25, -0.2) is 4.68 Å². The second-order valence-corrected chi connectivity index (χ2v) is 6.52. The maximum absolute atomic E-state index is 9.06. The van der Waals surface area contributed by atoms with Gasteiger partial charge in [0, 0.05) is 11.8 Å². The molecule has 4 heteroatoms. The number of hydrogen-bond donors (Lipinski definition) is 1. The summed E-state index contributed by atoms with van der Waals surface area (Å²) in [5.74, 6) is 0.0457. The van der Waals surface area contributed by atoms with E-state index in [2.05, 4.69) is 43.6 Å². The van der Waals surface area contributed by atoms with Crippen LogP contribution in [0, 0.1) is 17.2 Å². The molecule has 0 aliphatic heterocycles. The van der Waals surface area contributed by atoms with E-state index in [0.717, 1.165) is 30.0 Å². The van der Waals surface area contributed by atoms with Gasteiger partial charge in [-0.3, -0.25) is 0 Å². The fourth-order valence-electron chi connectivity index (χ4n) is 3.06. The van der Waals surface area contributed by atoms with Gasteiger partial charge in [0.1, 0.15) is 12.2 Å². The first kappa shape index (κ1) is 16.9. The molecule has 126 valence electrons. The lowest BCUT2D eigenvalue weighted by molar-refractivity contribution is -0.896. The third kappa shape index (κ3) is 4.14. The van der Waals surface area contributed by atoms with Crippen LogP contribution in [0.4, 0.5) is 0 Å². The maximum Gasteiger partial charge on any atom is 0.106 e. The number of nitrogens with one attached hydrogen (secondary N) is 1. The van der Waals surface area contributed by atoms with Gasteiger partial charge < -0.3 is 4.90 Å². The molecule has 0 spiro atoms. The minimum atomic E-state index is 0.0457. The number of para-hydroxylation sites is 1. The molecule has 1 heterocycles. The quantitative estimate of drug-likeness (QED) is 0.755. The summed E-state index contributed by atoms with van der Waals surface area (Å²) in [6, 6.07) is 22.7. The van der Waals surface area contributed by atoms with E-state index in [1.54, 1.807) is 0 Å². The molecule has 0 saturated carbocycles. The molecule has 0 fully saturated rings. The van der Waals surface area contributed by atoms with Gasteiger partial charge in [0.25, 0.3) is 0 Å². The van der Waals surface area contributed by atoms with Crippen LogP contribution in [-0.2, 0) is 6.54 Å². The first-order chi connectivity index (χ1) is 12.2. The maximum atomic E-state index is 9.06. The van der Waals surface area contributed by atoms with Crippen LogP contribution in [0.2, 0.25) is 0 Å². The average Bonchev–Trinajstić information content (AvgIpc) is 3.06. The Morgan fingerprint density at radius 2 is 1.72 bits per heavy atom. The van der Waals surface area contributed by atoms with Gasteiger partial charge in [-0.15, -0.1) is 0 Å². The van der Waals surface area contributed by atoms with Crippen molar-refractivity contribution in [1.82, 2.24) is 9.78 Å². The Morgan fingerprint density at radius 1 is 1.08 bits per heavy atom. The first-order valence-corrected chi connectivity index (χ1v) is 8.57. The van der Waals surface area contributed by atoms with Crippen LogP contribution >= 0.6 is 0 Å². The molecule has 0 saturated heterocycles. The van der Waals surface area contributed by atoms with Crippen LogP contribution < -0.4 is 4.90 Å².